The number of nitrogens with one attached hydrogen (secondary N) is 1. The molecule has 1 aromatic rings. The van der Waals surface area contributed by atoms with Gasteiger partial charge in [0.2, 0.25) is 0 Å². The molecule has 0 aliphatic heterocycles. The lowest BCUT2D eigenvalue weighted by molar-refractivity contribution is 0.0362. The van der Waals surface area contributed by atoms with E-state index in [4.69, 9.17) is 4.74 Å². The molecule has 0 fully saturated rings. The van der Waals surface area contributed by atoms with E-state index in [1.165, 1.54) is 0 Å². The average Bonchev–Trinajstić information content (AvgIpc) is 2.34. The average molecular weight is 265 g/mol. The SMILES string of the molecule is CC(C)CC(C)(O)CNC(=O)OCc1ccccc1. The normalized spacial score (nSPS) is 13.9. The number of carbonyl (C=O) groups is 1. The first-order chi connectivity index (χ1) is 8.89. The van der Waals surface area contributed by atoms with E-state index in [1.807, 2.05) is 44.2 Å². The Morgan fingerprint density at radius 2 is 2.00 bits per heavy atom. The van der Waals surface area contributed by atoms with Gasteiger partial charge in [-0.05, 0) is 24.8 Å². The van der Waals surface area contributed by atoms with Gasteiger partial charge in [-0.1, -0.05) is 44.2 Å². The second kappa shape index (κ2) is 7.14. The summed E-state index contributed by atoms with van der Waals surface area (Å²) in [4.78, 5) is 11.5. The van der Waals surface area contributed by atoms with Crippen LogP contribution in [0.1, 0.15) is 32.8 Å². The third-order valence-corrected chi connectivity index (χ3v) is 2.67. The highest BCUT2D eigenvalue weighted by atomic mass is 16.5. The predicted molar refractivity (Wildman–Crippen MR) is 74.7 cm³/mol. The van der Waals surface area contributed by atoms with Crippen molar-refractivity contribution in [3.8, 4) is 0 Å². The summed E-state index contributed by atoms with van der Waals surface area (Å²) in [6, 6.07) is 9.48. The van der Waals surface area contributed by atoms with Crippen LogP contribution < -0.4 is 5.32 Å². The maximum absolute atomic E-state index is 11.5. The van der Waals surface area contributed by atoms with Crippen molar-refractivity contribution in [1.29, 1.82) is 0 Å². The molecule has 1 atom stereocenters. The van der Waals surface area contributed by atoms with E-state index in [9.17, 15) is 9.90 Å². The molecule has 4 nitrogen and oxygen atoms in total. The van der Waals surface area contributed by atoms with Gasteiger partial charge in [0.15, 0.2) is 0 Å². The number of alkyl carbamates (subject to hydrolysis) is 1. The van der Waals surface area contributed by atoms with Gasteiger partial charge < -0.3 is 15.2 Å². The monoisotopic (exact) mass is 265 g/mol. The summed E-state index contributed by atoms with van der Waals surface area (Å²) < 4.78 is 5.07. The molecule has 0 aromatic heterocycles. The van der Waals surface area contributed by atoms with Gasteiger partial charge in [0.05, 0.1) is 5.60 Å². The maximum Gasteiger partial charge on any atom is 0.407 e. The molecule has 0 saturated carbocycles. The number of hydrogen-bond donors (Lipinski definition) is 2. The van der Waals surface area contributed by atoms with Crippen LogP contribution in [0.5, 0.6) is 0 Å². The lowest BCUT2D eigenvalue weighted by Crippen LogP contribution is -2.41. The second-order valence-electron chi connectivity index (χ2n) is 5.51. The Balaban J connectivity index is 2.28. The summed E-state index contributed by atoms with van der Waals surface area (Å²) >= 11 is 0. The molecule has 1 rings (SSSR count). The minimum absolute atomic E-state index is 0.193. The van der Waals surface area contributed by atoms with Crippen molar-refractivity contribution in [1.82, 2.24) is 5.32 Å². The van der Waals surface area contributed by atoms with Crippen molar-refractivity contribution in [2.75, 3.05) is 6.54 Å². The Hall–Kier alpha value is -1.55. The maximum atomic E-state index is 11.5. The first-order valence-corrected chi connectivity index (χ1v) is 6.56. The zero-order valence-corrected chi connectivity index (χ0v) is 11.8. The van der Waals surface area contributed by atoms with E-state index < -0.39 is 11.7 Å². The number of aliphatic hydroxyl groups is 1. The number of rotatable bonds is 6. The first-order valence-electron chi connectivity index (χ1n) is 6.56. The summed E-state index contributed by atoms with van der Waals surface area (Å²) in [6.45, 7) is 6.20. The van der Waals surface area contributed by atoms with Crippen molar-refractivity contribution < 1.29 is 14.6 Å². The minimum atomic E-state index is -0.903. The van der Waals surface area contributed by atoms with Crippen molar-refractivity contribution in [2.45, 2.75) is 39.4 Å². The van der Waals surface area contributed by atoms with E-state index in [1.54, 1.807) is 6.92 Å². The summed E-state index contributed by atoms with van der Waals surface area (Å²) in [5.74, 6) is 0.372. The standard InChI is InChI=1S/C15H23NO3/c1-12(2)9-15(3,18)11-16-14(17)19-10-13-7-5-4-6-8-13/h4-8,12,18H,9-11H2,1-3H3,(H,16,17). The van der Waals surface area contributed by atoms with Crippen LogP contribution in [0, 0.1) is 5.92 Å². The Kier molecular flexibility index (Phi) is 5.83. The van der Waals surface area contributed by atoms with Crippen LogP contribution in [0.25, 0.3) is 0 Å². The van der Waals surface area contributed by atoms with Crippen LogP contribution in [-0.4, -0.2) is 23.3 Å². The number of amides is 1. The molecule has 1 aromatic carbocycles. The zero-order valence-electron chi connectivity index (χ0n) is 11.8. The van der Waals surface area contributed by atoms with E-state index >= 15 is 0 Å². The second-order valence-corrected chi connectivity index (χ2v) is 5.51. The highest BCUT2D eigenvalue weighted by Gasteiger charge is 2.22. The summed E-state index contributed by atoms with van der Waals surface area (Å²) in [5.41, 5.74) is 0.0338. The molecule has 106 valence electrons. The molecule has 2 N–H and O–H groups in total. The highest BCUT2D eigenvalue weighted by Crippen LogP contribution is 2.15. The molecule has 4 heteroatoms. The van der Waals surface area contributed by atoms with Gasteiger partial charge in [-0.15, -0.1) is 0 Å². The van der Waals surface area contributed by atoms with Crippen LogP contribution in [0.3, 0.4) is 0 Å². The largest absolute Gasteiger partial charge is 0.445 e. The van der Waals surface area contributed by atoms with Gasteiger partial charge in [-0.3, -0.25) is 0 Å². The topological polar surface area (TPSA) is 58.6 Å². The molecule has 1 unspecified atom stereocenters. The van der Waals surface area contributed by atoms with Crippen molar-refractivity contribution >= 4 is 6.09 Å². The fourth-order valence-corrected chi connectivity index (χ4v) is 1.99. The fraction of sp³-hybridized carbons (Fsp3) is 0.533. The van der Waals surface area contributed by atoms with Crippen molar-refractivity contribution in [3.63, 3.8) is 0 Å². The molecular weight excluding hydrogens is 242 g/mol. The molecule has 0 aliphatic rings. The molecule has 0 radical (unpaired) electrons. The first kappa shape index (κ1) is 15.5. The van der Waals surface area contributed by atoms with Gasteiger partial charge >= 0.3 is 6.09 Å². The summed E-state index contributed by atoms with van der Waals surface area (Å²) in [6.07, 6.45) is 0.124. The van der Waals surface area contributed by atoms with E-state index in [-0.39, 0.29) is 13.2 Å². The van der Waals surface area contributed by atoms with Gasteiger partial charge in [-0.2, -0.15) is 0 Å². The molecule has 0 aliphatic carbocycles. The zero-order chi connectivity index (χ0) is 14.3. The minimum Gasteiger partial charge on any atom is -0.445 e. The van der Waals surface area contributed by atoms with Crippen LogP contribution in [-0.2, 0) is 11.3 Å². The molecule has 0 bridgehead atoms. The Morgan fingerprint density at radius 1 is 1.37 bits per heavy atom. The van der Waals surface area contributed by atoms with Crippen LogP contribution >= 0.6 is 0 Å². The molecule has 1 amide bonds. The molecular formula is C15H23NO3. The lowest BCUT2D eigenvalue weighted by atomic mass is 9.94. The van der Waals surface area contributed by atoms with E-state index in [0.717, 1.165) is 5.56 Å². The number of ether oxygens (including phenoxy) is 1. The Bertz CT molecular complexity index is 388. The third kappa shape index (κ3) is 6.82. The third-order valence-electron chi connectivity index (χ3n) is 2.67. The molecule has 0 spiro atoms. The lowest BCUT2D eigenvalue weighted by Gasteiger charge is -2.25. The Labute approximate surface area is 114 Å². The van der Waals surface area contributed by atoms with Crippen LogP contribution in [0.2, 0.25) is 0 Å². The molecule has 19 heavy (non-hydrogen) atoms. The quantitative estimate of drug-likeness (QED) is 0.831. The van der Waals surface area contributed by atoms with Gasteiger partial charge in [0, 0.05) is 6.54 Å². The van der Waals surface area contributed by atoms with Crippen LogP contribution in [0.15, 0.2) is 30.3 Å². The van der Waals surface area contributed by atoms with Crippen LogP contribution in [0.4, 0.5) is 4.79 Å². The van der Waals surface area contributed by atoms with Gasteiger partial charge in [-0.25, -0.2) is 4.79 Å². The summed E-state index contributed by atoms with van der Waals surface area (Å²) in [5, 5.41) is 12.6. The number of hydrogen-bond acceptors (Lipinski definition) is 3. The van der Waals surface area contributed by atoms with Gasteiger partial charge in [0.25, 0.3) is 0 Å². The molecule has 0 heterocycles. The summed E-state index contributed by atoms with van der Waals surface area (Å²) in [7, 11) is 0. The van der Waals surface area contributed by atoms with E-state index in [2.05, 4.69) is 5.32 Å². The molecule has 0 saturated heterocycles. The van der Waals surface area contributed by atoms with Crippen molar-refractivity contribution in [2.24, 2.45) is 5.92 Å². The van der Waals surface area contributed by atoms with Gasteiger partial charge in [0.1, 0.15) is 6.61 Å². The van der Waals surface area contributed by atoms with E-state index in [0.29, 0.717) is 12.3 Å². The highest BCUT2D eigenvalue weighted by molar-refractivity contribution is 5.67. The predicted octanol–water partition coefficient (Wildman–Crippen LogP) is 2.71. The number of benzene rings is 1. The Morgan fingerprint density at radius 3 is 2.58 bits per heavy atom. The number of carbonyl (C=O) groups excluding carboxylic acids is 1. The fourth-order valence-electron chi connectivity index (χ4n) is 1.99. The smallest absolute Gasteiger partial charge is 0.407 e. The van der Waals surface area contributed by atoms with Crippen molar-refractivity contribution in [3.05, 3.63) is 35.9 Å².